The molecule has 38 heavy (non-hydrogen) atoms. The van der Waals surface area contributed by atoms with Crippen molar-refractivity contribution < 1.29 is 27.8 Å². The molecule has 0 bridgehead atoms. The number of rotatable bonds is 7. The van der Waals surface area contributed by atoms with Crippen LogP contribution in [0.2, 0.25) is 5.02 Å². The van der Waals surface area contributed by atoms with Crippen molar-refractivity contribution in [1.82, 2.24) is 19.7 Å². The van der Waals surface area contributed by atoms with Gasteiger partial charge in [-0.2, -0.15) is 5.10 Å². The van der Waals surface area contributed by atoms with Crippen molar-refractivity contribution in [3.63, 3.8) is 0 Å². The van der Waals surface area contributed by atoms with Crippen molar-refractivity contribution in [2.45, 2.75) is 39.7 Å². The Morgan fingerprint density at radius 3 is 2.68 bits per heavy atom. The van der Waals surface area contributed by atoms with Crippen molar-refractivity contribution in [2.75, 3.05) is 11.4 Å². The molecule has 0 radical (unpaired) electrons. The van der Waals surface area contributed by atoms with Gasteiger partial charge in [0.15, 0.2) is 11.5 Å². The molecule has 1 N–H and O–H groups in total. The van der Waals surface area contributed by atoms with Gasteiger partial charge in [-0.25, -0.2) is 9.67 Å². The minimum atomic E-state index is -3.78. The summed E-state index contributed by atoms with van der Waals surface area (Å²) >= 11 is 6.41. The minimum absolute atomic E-state index is 0.0785. The maximum absolute atomic E-state index is 13.4. The van der Waals surface area contributed by atoms with Gasteiger partial charge < -0.3 is 24.1 Å². The summed E-state index contributed by atoms with van der Waals surface area (Å²) in [6.07, 6.45) is -2.50. The molecule has 1 aliphatic rings. The van der Waals surface area contributed by atoms with Crippen LogP contribution in [0.3, 0.4) is 0 Å². The molecule has 0 aliphatic carbocycles. The zero-order chi connectivity index (χ0) is 27.2. The molecule has 2 aromatic carbocycles. The first-order valence-corrected chi connectivity index (χ1v) is 12.0. The van der Waals surface area contributed by atoms with Crippen LogP contribution < -0.4 is 24.7 Å². The van der Waals surface area contributed by atoms with Gasteiger partial charge in [-0.05, 0) is 51.1 Å². The normalized spacial score (nSPS) is 13.8. The summed E-state index contributed by atoms with van der Waals surface area (Å²) in [4.78, 5) is 34.8. The SMILES string of the molecule is CCN(C(=O)Cn1nc(-c2ccc(OC(C)C)c(Cl)c2)c2nc[nH]c2c1=O)c1ccc2c(c1)OC(F)(F)O2. The molecule has 0 fully saturated rings. The summed E-state index contributed by atoms with van der Waals surface area (Å²) in [6, 6.07) is 9.09. The Labute approximate surface area is 219 Å². The molecule has 0 atom stereocenters. The van der Waals surface area contributed by atoms with Crippen LogP contribution in [0.15, 0.2) is 47.5 Å². The van der Waals surface area contributed by atoms with Gasteiger partial charge in [-0.1, -0.05) is 11.6 Å². The van der Waals surface area contributed by atoms with Crippen molar-refractivity contribution in [2.24, 2.45) is 0 Å². The maximum atomic E-state index is 13.4. The zero-order valence-electron chi connectivity index (χ0n) is 20.5. The standard InChI is InChI=1S/C25H22ClF2N5O5/c1-4-32(15-6-8-18-19(10-15)38-25(27,28)37-18)20(34)11-33-24(35)23-22(29-12-30-23)21(31-33)14-5-7-17(16(26)9-14)36-13(2)3/h5-10,12-13H,4,11H2,1-3H3,(H,29,30). The van der Waals surface area contributed by atoms with Gasteiger partial charge in [0, 0.05) is 23.9 Å². The van der Waals surface area contributed by atoms with Gasteiger partial charge in [-0.15, -0.1) is 8.78 Å². The number of likely N-dealkylation sites (N-methyl/N-ethyl adjacent to an activating group) is 1. The van der Waals surface area contributed by atoms with Crippen LogP contribution in [0.5, 0.6) is 17.2 Å². The van der Waals surface area contributed by atoms with Crippen molar-refractivity contribution >= 4 is 34.2 Å². The van der Waals surface area contributed by atoms with E-state index in [1.807, 2.05) is 13.8 Å². The summed E-state index contributed by atoms with van der Waals surface area (Å²) in [7, 11) is 0. The second-order valence-corrected chi connectivity index (χ2v) is 9.09. The van der Waals surface area contributed by atoms with Crippen LogP contribution >= 0.6 is 11.6 Å². The first-order chi connectivity index (χ1) is 18.1. The largest absolute Gasteiger partial charge is 0.586 e. The molecule has 13 heteroatoms. The smallest absolute Gasteiger partial charge is 0.489 e. The average Bonchev–Trinajstić information content (AvgIpc) is 3.45. The van der Waals surface area contributed by atoms with Gasteiger partial charge in [0.1, 0.15) is 29.0 Å². The number of H-pyrrole nitrogens is 1. The summed E-state index contributed by atoms with van der Waals surface area (Å²) in [5.74, 6) is -0.349. The first kappa shape index (κ1) is 25.5. The number of alkyl halides is 2. The zero-order valence-corrected chi connectivity index (χ0v) is 21.3. The number of fused-ring (bicyclic) bond motifs is 2. The highest BCUT2D eigenvalue weighted by Gasteiger charge is 2.43. The molecule has 0 saturated heterocycles. The molecule has 2 aromatic heterocycles. The number of benzene rings is 2. The van der Waals surface area contributed by atoms with E-state index in [1.54, 1.807) is 25.1 Å². The summed E-state index contributed by atoms with van der Waals surface area (Å²) < 4.78 is 42.5. The first-order valence-electron chi connectivity index (χ1n) is 11.7. The topological polar surface area (TPSA) is 112 Å². The summed E-state index contributed by atoms with van der Waals surface area (Å²) in [6.45, 7) is 5.23. The van der Waals surface area contributed by atoms with Crippen molar-refractivity contribution in [3.05, 3.63) is 58.1 Å². The summed E-state index contributed by atoms with van der Waals surface area (Å²) in [5.41, 5.74) is 1.11. The van der Waals surface area contributed by atoms with E-state index >= 15 is 0 Å². The molecule has 4 aromatic rings. The van der Waals surface area contributed by atoms with E-state index in [2.05, 4.69) is 24.5 Å². The quantitative estimate of drug-likeness (QED) is 0.361. The van der Waals surface area contributed by atoms with E-state index < -0.39 is 24.3 Å². The van der Waals surface area contributed by atoms with E-state index in [1.165, 1.54) is 29.4 Å². The van der Waals surface area contributed by atoms with Crippen molar-refractivity contribution in [1.29, 1.82) is 0 Å². The molecule has 3 heterocycles. The number of imidazole rings is 1. The Bertz CT molecular complexity index is 1600. The highest BCUT2D eigenvalue weighted by atomic mass is 35.5. The molecular weight excluding hydrogens is 524 g/mol. The predicted molar refractivity (Wildman–Crippen MR) is 135 cm³/mol. The van der Waals surface area contributed by atoms with Crippen molar-refractivity contribution in [3.8, 4) is 28.5 Å². The third-order valence-corrected chi connectivity index (χ3v) is 5.99. The molecule has 198 valence electrons. The van der Waals surface area contributed by atoms with E-state index in [0.717, 1.165) is 4.68 Å². The summed E-state index contributed by atoms with van der Waals surface area (Å²) in [5, 5.41) is 4.78. The number of hydrogen-bond donors (Lipinski definition) is 1. The van der Waals surface area contributed by atoms with Gasteiger partial charge in [0.2, 0.25) is 5.91 Å². The number of anilines is 1. The molecule has 1 amide bonds. The van der Waals surface area contributed by atoms with E-state index in [4.69, 9.17) is 16.3 Å². The van der Waals surface area contributed by atoms with Crippen LogP contribution in [0.1, 0.15) is 20.8 Å². The van der Waals surface area contributed by atoms with Crippen LogP contribution in [-0.2, 0) is 11.3 Å². The lowest BCUT2D eigenvalue weighted by molar-refractivity contribution is -0.286. The lowest BCUT2D eigenvalue weighted by Gasteiger charge is -2.21. The van der Waals surface area contributed by atoms with Gasteiger partial charge in [0.25, 0.3) is 5.56 Å². The number of halogens is 3. The third kappa shape index (κ3) is 4.74. The molecule has 0 saturated carbocycles. The van der Waals surface area contributed by atoms with E-state index in [-0.39, 0.29) is 29.7 Å². The number of aromatic amines is 1. The van der Waals surface area contributed by atoms with Gasteiger partial charge >= 0.3 is 6.29 Å². The van der Waals surface area contributed by atoms with E-state index in [0.29, 0.717) is 33.2 Å². The van der Waals surface area contributed by atoms with Crippen LogP contribution in [-0.4, -0.2) is 44.6 Å². The molecule has 0 spiro atoms. The maximum Gasteiger partial charge on any atom is 0.586 e. The average molecular weight is 546 g/mol. The minimum Gasteiger partial charge on any atom is -0.489 e. The van der Waals surface area contributed by atoms with E-state index in [9.17, 15) is 18.4 Å². The number of aromatic nitrogens is 4. The highest BCUT2D eigenvalue weighted by molar-refractivity contribution is 6.32. The molecule has 0 unspecified atom stereocenters. The van der Waals surface area contributed by atoms with Crippen LogP contribution in [0, 0.1) is 0 Å². The Morgan fingerprint density at radius 2 is 1.97 bits per heavy atom. The second-order valence-electron chi connectivity index (χ2n) is 8.69. The number of carbonyl (C=O) groups is 1. The number of carbonyl (C=O) groups excluding carboxylic acids is 1. The monoisotopic (exact) mass is 545 g/mol. The number of nitrogens with zero attached hydrogens (tertiary/aromatic N) is 4. The fraction of sp³-hybridized carbons (Fsp3) is 0.280. The van der Waals surface area contributed by atoms with Gasteiger partial charge in [0.05, 0.1) is 17.5 Å². The Kier molecular flexibility index (Phi) is 6.43. The number of amides is 1. The highest BCUT2D eigenvalue weighted by Crippen LogP contribution is 2.43. The van der Waals surface area contributed by atoms with Crippen LogP contribution in [0.25, 0.3) is 22.3 Å². The fourth-order valence-electron chi connectivity index (χ4n) is 4.10. The fourth-order valence-corrected chi connectivity index (χ4v) is 4.33. The third-order valence-electron chi connectivity index (χ3n) is 5.70. The molecule has 1 aliphatic heterocycles. The Morgan fingerprint density at radius 1 is 1.21 bits per heavy atom. The molecule has 5 rings (SSSR count). The lowest BCUT2D eigenvalue weighted by atomic mass is 10.1. The second kappa shape index (κ2) is 9.60. The molecular formula is C25H22ClF2N5O5. The van der Waals surface area contributed by atoms with Gasteiger partial charge in [-0.3, -0.25) is 9.59 Å². The molecule has 10 nitrogen and oxygen atoms in total. The number of nitrogens with one attached hydrogen (secondary N) is 1. The lowest BCUT2D eigenvalue weighted by Crippen LogP contribution is -2.37. The Balaban J connectivity index is 1.48. The number of hydrogen-bond acceptors (Lipinski definition) is 7. The predicted octanol–water partition coefficient (Wildman–Crippen LogP) is 4.60. The van der Waals surface area contributed by atoms with Crippen LogP contribution in [0.4, 0.5) is 14.5 Å². The Hall–Kier alpha value is -4.19. The number of ether oxygens (including phenoxy) is 3.